The van der Waals surface area contributed by atoms with Gasteiger partial charge in [0, 0.05) is 24.2 Å². The predicted octanol–water partition coefficient (Wildman–Crippen LogP) is 2.23. The molecule has 1 heterocycles. The normalized spacial score (nSPS) is 12.4. The molecular weight excluding hydrogens is 218 g/mol. The summed E-state index contributed by atoms with van der Waals surface area (Å²) in [5.74, 6) is 0. The number of hydrogen-bond donors (Lipinski definition) is 1. The molecular formula is C12H19N3O2. The minimum absolute atomic E-state index is 0.118. The fourth-order valence-electron chi connectivity index (χ4n) is 1.85. The topological polar surface area (TPSA) is 68.1 Å². The standard InChI is InChI=1S/C12H19N3O2/c1-4-5-10(13-3)8-11-12(15(16)17)7-6-9(2)14-11/h6-7,10,13H,4-5,8H2,1-3H3. The molecule has 0 bridgehead atoms. The molecule has 0 spiro atoms. The summed E-state index contributed by atoms with van der Waals surface area (Å²) in [5.41, 5.74) is 1.51. The van der Waals surface area contributed by atoms with Crippen LogP contribution in [0.4, 0.5) is 5.69 Å². The quantitative estimate of drug-likeness (QED) is 0.608. The van der Waals surface area contributed by atoms with Gasteiger partial charge in [-0.3, -0.25) is 15.1 Å². The molecule has 17 heavy (non-hydrogen) atoms. The highest BCUT2D eigenvalue weighted by molar-refractivity contribution is 5.36. The summed E-state index contributed by atoms with van der Waals surface area (Å²) in [6, 6.07) is 3.46. The molecule has 0 fully saturated rings. The highest BCUT2D eigenvalue weighted by Gasteiger charge is 2.18. The molecule has 0 aliphatic carbocycles. The van der Waals surface area contributed by atoms with Crippen molar-refractivity contribution in [2.75, 3.05) is 7.05 Å². The van der Waals surface area contributed by atoms with Crippen molar-refractivity contribution in [3.8, 4) is 0 Å². The van der Waals surface area contributed by atoms with Crippen LogP contribution in [0.25, 0.3) is 0 Å². The lowest BCUT2D eigenvalue weighted by molar-refractivity contribution is -0.386. The lowest BCUT2D eigenvalue weighted by atomic mass is 10.0. The fraction of sp³-hybridized carbons (Fsp3) is 0.583. The Hall–Kier alpha value is -1.49. The Morgan fingerprint density at radius 3 is 2.76 bits per heavy atom. The first-order valence-corrected chi connectivity index (χ1v) is 5.86. The Bertz CT molecular complexity index is 393. The second kappa shape index (κ2) is 6.30. The molecule has 0 radical (unpaired) electrons. The van der Waals surface area contributed by atoms with Crippen LogP contribution in [-0.2, 0) is 6.42 Å². The molecule has 94 valence electrons. The molecule has 1 unspecified atom stereocenters. The molecule has 1 atom stereocenters. The SMILES string of the molecule is CCCC(Cc1nc(C)ccc1[N+](=O)[O-])NC. The van der Waals surface area contributed by atoms with Gasteiger partial charge in [-0.05, 0) is 26.5 Å². The number of aromatic nitrogens is 1. The zero-order valence-electron chi connectivity index (χ0n) is 10.6. The molecule has 0 saturated carbocycles. The summed E-state index contributed by atoms with van der Waals surface area (Å²) in [6.07, 6.45) is 2.64. The van der Waals surface area contributed by atoms with E-state index in [4.69, 9.17) is 0 Å². The molecule has 1 rings (SSSR count). The number of nitro groups is 1. The van der Waals surface area contributed by atoms with Crippen LogP contribution in [0.2, 0.25) is 0 Å². The molecule has 1 N–H and O–H groups in total. The number of nitrogens with one attached hydrogen (secondary N) is 1. The monoisotopic (exact) mass is 237 g/mol. The molecule has 0 aromatic carbocycles. The van der Waals surface area contributed by atoms with Crippen LogP contribution in [0.5, 0.6) is 0 Å². The van der Waals surface area contributed by atoms with E-state index >= 15 is 0 Å². The summed E-state index contributed by atoms with van der Waals surface area (Å²) < 4.78 is 0. The second-order valence-electron chi connectivity index (χ2n) is 4.15. The minimum atomic E-state index is -0.361. The summed E-state index contributed by atoms with van der Waals surface area (Å²) in [7, 11) is 1.88. The molecule has 0 amide bonds. The molecule has 1 aromatic heterocycles. The lowest BCUT2D eigenvalue weighted by Crippen LogP contribution is -2.28. The van der Waals surface area contributed by atoms with Crippen molar-refractivity contribution in [3.63, 3.8) is 0 Å². The smallest absolute Gasteiger partial charge is 0.290 e. The van der Waals surface area contributed by atoms with E-state index in [0.29, 0.717) is 12.1 Å². The van der Waals surface area contributed by atoms with Gasteiger partial charge >= 0.3 is 0 Å². The van der Waals surface area contributed by atoms with E-state index in [1.165, 1.54) is 6.07 Å². The van der Waals surface area contributed by atoms with Crippen LogP contribution in [0, 0.1) is 17.0 Å². The van der Waals surface area contributed by atoms with Crippen LogP contribution in [-0.4, -0.2) is 23.0 Å². The van der Waals surface area contributed by atoms with Crippen molar-refractivity contribution in [1.29, 1.82) is 0 Å². The van der Waals surface area contributed by atoms with Gasteiger partial charge in [0.05, 0.1) is 4.92 Å². The van der Waals surface area contributed by atoms with Crippen molar-refractivity contribution in [2.45, 2.75) is 39.2 Å². The maximum Gasteiger partial charge on any atom is 0.290 e. The Balaban J connectivity index is 2.94. The van der Waals surface area contributed by atoms with Gasteiger partial charge in [-0.15, -0.1) is 0 Å². The van der Waals surface area contributed by atoms with E-state index in [1.807, 2.05) is 14.0 Å². The van der Waals surface area contributed by atoms with Gasteiger partial charge in [0.1, 0.15) is 5.69 Å². The first kappa shape index (κ1) is 13.6. The van der Waals surface area contributed by atoms with Gasteiger partial charge in [-0.1, -0.05) is 13.3 Å². The van der Waals surface area contributed by atoms with Gasteiger partial charge in [0.2, 0.25) is 0 Å². The van der Waals surface area contributed by atoms with E-state index in [1.54, 1.807) is 6.07 Å². The lowest BCUT2D eigenvalue weighted by Gasteiger charge is -2.14. The Labute approximate surface area is 101 Å². The number of hydrogen-bond acceptors (Lipinski definition) is 4. The Kier molecular flexibility index (Phi) is 5.03. The molecule has 5 nitrogen and oxygen atoms in total. The van der Waals surface area contributed by atoms with Crippen LogP contribution in [0.1, 0.15) is 31.2 Å². The minimum Gasteiger partial charge on any atom is -0.317 e. The van der Waals surface area contributed by atoms with Gasteiger partial charge in [-0.2, -0.15) is 0 Å². The van der Waals surface area contributed by atoms with Crippen molar-refractivity contribution >= 4 is 5.69 Å². The Morgan fingerprint density at radius 2 is 2.24 bits per heavy atom. The molecule has 1 aromatic rings. The van der Waals surface area contributed by atoms with Crippen LogP contribution >= 0.6 is 0 Å². The van der Waals surface area contributed by atoms with Crippen molar-refractivity contribution in [2.24, 2.45) is 0 Å². The van der Waals surface area contributed by atoms with Gasteiger partial charge in [0.15, 0.2) is 0 Å². The third-order valence-electron chi connectivity index (χ3n) is 2.77. The highest BCUT2D eigenvalue weighted by Crippen LogP contribution is 2.19. The number of pyridine rings is 1. The predicted molar refractivity (Wildman–Crippen MR) is 67.1 cm³/mol. The maximum absolute atomic E-state index is 10.9. The van der Waals surface area contributed by atoms with Crippen molar-refractivity contribution in [1.82, 2.24) is 10.3 Å². The number of aryl methyl sites for hydroxylation is 1. The molecule has 0 aliphatic rings. The number of likely N-dealkylation sites (N-methyl/N-ethyl adjacent to an activating group) is 1. The first-order valence-electron chi connectivity index (χ1n) is 5.86. The summed E-state index contributed by atoms with van der Waals surface area (Å²) in [5, 5.41) is 14.1. The van der Waals surface area contributed by atoms with Crippen molar-refractivity contribution in [3.05, 3.63) is 33.6 Å². The third kappa shape index (κ3) is 3.78. The average molecular weight is 237 g/mol. The largest absolute Gasteiger partial charge is 0.317 e. The third-order valence-corrected chi connectivity index (χ3v) is 2.77. The van der Waals surface area contributed by atoms with E-state index in [-0.39, 0.29) is 16.7 Å². The highest BCUT2D eigenvalue weighted by atomic mass is 16.6. The van der Waals surface area contributed by atoms with Gasteiger partial charge in [0.25, 0.3) is 5.69 Å². The summed E-state index contributed by atoms with van der Waals surface area (Å²) in [6.45, 7) is 3.95. The van der Waals surface area contributed by atoms with Crippen LogP contribution in [0.3, 0.4) is 0 Å². The van der Waals surface area contributed by atoms with Crippen LogP contribution < -0.4 is 5.32 Å². The van der Waals surface area contributed by atoms with E-state index < -0.39 is 0 Å². The number of nitrogens with zero attached hydrogens (tertiary/aromatic N) is 2. The van der Waals surface area contributed by atoms with Gasteiger partial charge in [-0.25, -0.2) is 0 Å². The maximum atomic E-state index is 10.9. The Morgan fingerprint density at radius 1 is 1.53 bits per heavy atom. The molecule has 5 heteroatoms. The summed E-state index contributed by atoms with van der Waals surface area (Å²) >= 11 is 0. The number of rotatable bonds is 6. The zero-order valence-corrected chi connectivity index (χ0v) is 10.6. The van der Waals surface area contributed by atoms with E-state index in [0.717, 1.165) is 18.5 Å². The molecule has 0 saturated heterocycles. The average Bonchev–Trinajstić information content (AvgIpc) is 2.28. The van der Waals surface area contributed by atoms with Crippen LogP contribution in [0.15, 0.2) is 12.1 Å². The first-order chi connectivity index (χ1) is 8.08. The second-order valence-corrected chi connectivity index (χ2v) is 4.15. The van der Waals surface area contributed by atoms with E-state index in [2.05, 4.69) is 17.2 Å². The van der Waals surface area contributed by atoms with Crippen molar-refractivity contribution < 1.29 is 4.92 Å². The zero-order chi connectivity index (χ0) is 12.8. The van der Waals surface area contributed by atoms with E-state index in [9.17, 15) is 10.1 Å². The fourth-order valence-corrected chi connectivity index (χ4v) is 1.85. The molecule has 0 aliphatic heterocycles. The summed E-state index contributed by atoms with van der Waals surface area (Å²) in [4.78, 5) is 14.8. The van der Waals surface area contributed by atoms with Gasteiger partial charge < -0.3 is 5.32 Å².